The Labute approximate surface area is 455 Å². The summed E-state index contributed by atoms with van der Waals surface area (Å²) in [5.41, 5.74) is 23.2. The summed E-state index contributed by atoms with van der Waals surface area (Å²) in [6.07, 6.45) is 0. The number of anilines is 3. The van der Waals surface area contributed by atoms with E-state index in [2.05, 4.69) is 325 Å². The summed E-state index contributed by atoms with van der Waals surface area (Å²) in [4.78, 5) is 2.41. The van der Waals surface area contributed by atoms with Crippen LogP contribution in [0.3, 0.4) is 0 Å². The van der Waals surface area contributed by atoms with Gasteiger partial charge in [-0.15, -0.1) is 0 Å². The molecule has 14 aromatic rings. The summed E-state index contributed by atoms with van der Waals surface area (Å²) < 4.78 is 2.43. The van der Waals surface area contributed by atoms with Gasteiger partial charge in [-0.25, -0.2) is 0 Å². The zero-order chi connectivity index (χ0) is 51.8. The lowest BCUT2D eigenvalue weighted by atomic mass is 9.92. The van der Waals surface area contributed by atoms with Crippen LogP contribution < -0.4 is 4.90 Å². The maximum absolute atomic E-state index is 2.43. The highest BCUT2D eigenvalue weighted by molar-refractivity contribution is 6.23. The molecule has 0 spiro atoms. The Bertz CT molecular complexity index is 4150. The van der Waals surface area contributed by atoms with E-state index in [0.29, 0.717) is 0 Å². The summed E-state index contributed by atoms with van der Waals surface area (Å²) in [6, 6.07) is 115. The number of fused-ring (bicyclic) bond motifs is 4. The standard InChI is InChI=1S/C76H52N2/c1-6-21-53(22-7-1)61-45-62(54-23-8-2-9-24-54)48-65(47-61)57-37-41-68(42-38-57)77(69-43-39-58(40-44-69)66-49-63(55-25-10-3-11-26-55)46-64(50-66)56-27-12-4-13-28-56)70-33-20-30-60(51-70)75-71-34-17-16-29-59(71)52-74-76(75)72-35-18-19-36-73(72)78(74)67-31-14-5-15-32-67/h1-52H. The highest BCUT2D eigenvalue weighted by atomic mass is 15.1. The van der Waals surface area contributed by atoms with Gasteiger partial charge in [0, 0.05) is 33.5 Å². The molecule has 0 fully saturated rings. The van der Waals surface area contributed by atoms with Gasteiger partial charge in [0.1, 0.15) is 0 Å². The van der Waals surface area contributed by atoms with Crippen molar-refractivity contribution in [3.8, 4) is 83.6 Å². The fraction of sp³-hybridized carbons (Fsp3) is 0. The van der Waals surface area contributed by atoms with Crippen molar-refractivity contribution in [2.24, 2.45) is 0 Å². The molecular weight excluding hydrogens is 941 g/mol. The predicted molar refractivity (Wildman–Crippen MR) is 331 cm³/mol. The van der Waals surface area contributed by atoms with E-state index in [1.807, 2.05) is 0 Å². The van der Waals surface area contributed by atoms with Gasteiger partial charge >= 0.3 is 0 Å². The summed E-state index contributed by atoms with van der Waals surface area (Å²) in [5, 5.41) is 4.89. The molecule has 2 heteroatoms. The van der Waals surface area contributed by atoms with Gasteiger partial charge in [-0.2, -0.15) is 0 Å². The molecule has 0 amide bonds. The smallest absolute Gasteiger partial charge is 0.0553 e. The molecule has 14 rings (SSSR count). The molecule has 366 valence electrons. The predicted octanol–water partition coefficient (Wildman–Crippen LogP) is 21.1. The van der Waals surface area contributed by atoms with Crippen molar-refractivity contribution in [1.29, 1.82) is 0 Å². The molecular formula is C76H52N2. The van der Waals surface area contributed by atoms with Crippen LogP contribution in [0, 0.1) is 0 Å². The normalized spacial score (nSPS) is 11.3. The van der Waals surface area contributed by atoms with Crippen molar-refractivity contribution in [2.45, 2.75) is 0 Å². The second-order valence-corrected chi connectivity index (χ2v) is 20.1. The molecule has 0 aliphatic carbocycles. The highest BCUT2D eigenvalue weighted by Gasteiger charge is 2.21. The van der Waals surface area contributed by atoms with Crippen molar-refractivity contribution < 1.29 is 0 Å². The Morgan fingerprint density at radius 3 is 1.05 bits per heavy atom. The first kappa shape index (κ1) is 46.3. The Balaban J connectivity index is 0.933. The first-order valence-corrected chi connectivity index (χ1v) is 26.8. The summed E-state index contributed by atoms with van der Waals surface area (Å²) in [7, 11) is 0. The molecule has 78 heavy (non-hydrogen) atoms. The average molecular weight is 993 g/mol. The van der Waals surface area contributed by atoms with E-state index in [0.717, 1.165) is 39.4 Å². The third kappa shape index (κ3) is 8.72. The highest BCUT2D eigenvalue weighted by Crippen LogP contribution is 2.46. The SMILES string of the molecule is c1ccc(-c2cc(-c3ccccc3)cc(-c3ccc(N(c4ccc(-c5cc(-c6ccccc6)cc(-c6ccccc6)c5)cc4)c4cccc(-c5c6ccccc6cc6c5c5ccccc5n6-c5ccccc5)c4)cc3)c2)cc1. The first-order chi connectivity index (χ1) is 38.7. The Morgan fingerprint density at radius 2 is 0.590 bits per heavy atom. The molecule has 0 aliphatic heterocycles. The van der Waals surface area contributed by atoms with Gasteiger partial charge in [-0.1, -0.05) is 218 Å². The molecule has 1 aromatic heterocycles. The van der Waals surface area contributed by atoms with Crippen molar-refractivity contribution in [1.82, 2.24) is 4.57 Å². The lowest BCUT2D eigenvalue weighted by Gasteiger charge is -2.27. The number of aromatic nitrogens is 1. The fourth-order valence-electron chi connectivity index (χ4n) is 11.6. The molecule has 0 radical (unpaired) electrons. The zero-order valence-corrected chi connectivity index (χ0v) is 42.9. The maximum Gasteiger partial charge on any atom is 0.0553 e. The van der Waals surface area contributed by atoms with E-state index in [4.69, 9.17) is 0 Å². The summed E-state index contributed by atoms with van der Waals surface area (Å²) >= 11 is 0. The minimum absolute atomic E-state index is 1.06. The Kier molecular flexibility index (Phi) is 11.9. The average Bonchev–Trinajstić information content (AvgIpc) is 4.10. The summed E-state index contributed by atoms with van der Waals surface area (Å²) in [6.45, 7) is 0. The van der Waals surface area contributed by atoms with Crippen LogP contribution >= 0.6 is 0 Å². The number of hydrogen-bond acceptors (Lipinski definition) is 1. The number of benzene rings is 13. The monoisotopic (exact) mass is 992 g/mol. The second kappa shape index (κ2) is 20.1. The van der Waals surface area contributed by atoms with E-state index in [1.54, 1.807) is 0 Å². The molecule has 2 nitrogen and oxygen atoms in total. The van der Waals surface area contributed by atoms with E-state index in [1.165, 1.54) is 93.8 Å². The van der Waals surface area contributed by atoms with Crippen molar-refractivity contribution in [3.63, 3.8) is 0 Å². The Hall–Kier alpha value is -10.3. The van der Waals surface area contributed by atoms with Gasteiger partial charge in [-0.05, 0) is 186 Å². The lowest BCUT2D eigenvalue weighted by molar-refractivity contribution is 1.18. The molecule has 0 aliphatic rings. The topological polar surface area (TPSA) is 8.17 Å². The van der Waals surface area contributed by atoms with E-state index in [9.17, 15) is 0 Å². The van der Waals surface area contributed by atoms with E-state index >= 15 is 0 Å². The van der Waals surface area contributed by atoms with Gasteiger partial charge in [0.15, 0.2) is 0 Å². The number of rotatable bonds is 11. The van der Waals surface area contributed by atoms with Gasteiger partial charge in [0.05, 0.1) is 11.0 Å². The van der Waals surface area contributed by atoms with Gasteiger partial charge in [0.25, 0.3) is 0 Å². The molecule has 0 N–H and O–H groups in total. The number of nitrogens with zero attached hydrogens (tertiary/aromatic N) is 2. The number of hydrogen-bond donors (Lipinski definition) is 0. The van der Waals surface area contributed by atoms with Crippen LogP contribution in [0.15, 0.2) is 315 Å². The third-order valence-corrected chi connectivity index (χ3v) is 15.3. The van der Waals surface area contributed by atoms with Gasteiger partial charge in [0.2, 0.25) is 0 Å². The number of para-hydroxylation sites is 2. The third-order valence-electron chi connectivity index (χ3n) is 15.3. The minimum atomic E-state index is 1.06. The van der Waals surface area contributed by atoms with Crippen LogP contribution in [-0.2, 0) is 0 Å². The quantitative estimate of drug-likeness (QED) is 0.125. The van der Waals surface area contributed by atoms with Crippen LogP contribution in [-0.4, -0.2) is 4.57 Å². The minimum Gasteiger partial charge on any atom is -0.310 e. The molecule has 0 atom stereocenters. The molecule has 0 saturated heterocycles. The zero-order valence-electron chi connectivity index (χ0n) is 42.9. The van der Waals surface area contributed by atoms with Crippen LogP contribution in [0.25, 0.3) is 116 Å². The van der Waals surface area contributed by atoms with Crippen LogP contribution in [0.1, 0.15) is 0 Å². The molecule has 13 aromatic carbocycles. The van der Waals surface area contributed by atoms with E-state index < -0.39 is 0 Å². The van der Waals surface area contributed by atoms with Gasteiger partial charge < -0.3 is 9.47 Å². The lowest BCUT2D eigenvalue weighted by Crippen LogP contribution is -2.10. The largest absolute Gasteiger partial charge is 0.310 e. The molecule has 1 heterocycles. The second-order valence-electron chi connectivity index (χ2n) is 20.1. The van der Waals surface area contributed by atoms with Crippen LogP contribution in [0.2, 0.25) is 0 Å². The molecule has 0 bridgehead atoms. The maximum atomic E-state index is 2.43. The van der Waals surface area contributed by atoms with Crippen LogP contribution in [0.4, 0.5) is 17.1 Å². The van der Waals surface area contributed by atoms with E-state index in [-0.39, 0.29) is 0 Å². The van der Waals surface area contributed by atoms with Crippen molar-refractivity contribution in [2.75, 3.05) is 4.90 Å². The van der Waals surface area contributed by atoms with Crippen molar-refractivity contribution >= 4 is 49.6 Å². The van der Waals surface area contributed by atoms with Crippen LogP contribution in [0.5, 0.6) is 0 Å². The first-order valence-electron chi connectivity index (χ1n) is 26.8. The Morgan fingerprint density at radius 1 is 0.218 bits per heavy atom. The molecule has 0 saturated carbocycles. The fourth-order valence-corrected chi connectivity index (χ4v) is 11.6. The summed E-state index contributed by atoms with van der Waals surface area (Å²) in [5.74, 6) is 0. The van der Waals surface area contributed by atoms with Gasteiger partial charge in [-0.3, -0.25) is 0 Å². The molecule has 0 unspecified atom stereocenters. The van der Waals surface area contributed by atoms with Crippen molar-refractivity contribution in [3.05, 3.63) is 315 Å².